The summed E-state index contributed by atoms with van der Waals surface area (Å²) in [5.74, 6) is -2.98. The Bertz CT molecular complexity index is 1630. The van der Waals surface area contributed by atoms with Gasteiger partial charge in [-0.15, -0.1) is 0 Å². The zero-order chi connectivity index (χ0) is 37.0. The van der Waals surface area contributed by atoms with E-state index in [1.807, 2.05) is 37.8 Å². The average molecular weight is 705 g/mol. The number of carboxylic acids is 1. The number of carboxylic acid groups (broad SMARTS) is 1. The first kappa shape index (κ1) is 40.2. The third kappa shape index (κ3) is 11.1. The highest BCUT2D eigenvalue weighted by Crippen LogP contribution is 2.34. The van der Waals surface area contributed by atoms with Crippen LogP contribution in [0.1, 0.15) is 58.1 Å². The minimum atomic E-state index is -5.08. The Morgan fingerprint density at radius 3 is 2.10 bits per heavy atom. The van der Waals surface area contributed by atoms with E-state index in [0.717, 1.165) is 71.8 Å². The number of aliphatic hydroxyl groups is 2. The lowest BCUT2D eigenvalue weighted by atomic mass is 9.94. The number of rotatable bonds is 13. The van der Waals surface area contributed by atoms with E-state index >= 15 is 0 Å². The Morgan fingerprint density at radius 1 is 0.980 bits per heavy atom. The van der Waals surface area contributed by atoms with Crippen molar-refractivity contribution in [2.45, 2.75) is 65.8 Å². The number of pyridine rings is 1. The fraction of sp³-hybridized carbons (Fsp3) is 0.472. The molecule has 0 spiro atoms. The number of aryl methyl sites for hydroxylation is 2. The van der Waals surface area contributed by atoms with Gasteiger partial charge in [-0.1, -0.05) is 24.3 Å². The fourth-order valence-corrected chi connectivity index (χ4v) is 6.00. The molecule has 14 heteroatoms. The highest BCUT2D eigenvalue weighted by molar-refractivity contribution is 5.99. The van der Waals surface area contributed by atoms with Crippen LogP contribution in [0.5, 0.6) is 0 Å². The van der Waals surface area contributed by atoms with E-state index in [4.69, 9.17) is 14.6 Å². The second-order valence-electron chi connectivity index (χ2n) is 12.1. The van der Waals surface area contributed by atoms with Crippen LogP contribution in [0.4, 0.5) is 18.9 Å². The van der Waals surface area contributed by atoms with Gasteiger partial charge in [0.25, 0.3) is 11.5 Å². The van der Waals surface area contributed by atoms with Gasteiger partial charge in [-0.25, -0.2) is 4.79 Å². The molecule has 0 atom stereocenters. The number of amides is 1. The first-order chi connectivity index (χ1) is 23.7. The SMILES string of the molecule is CCN(c1cc(-c2ccc(CN(CCO)CCO)cc2)cc(C(=O)NCc2c(C)cc(C)[nH]c2=O)c1C)C1CCOCC1.O=C(O)C(F)(F)F. The Kier molecular flexibility index (Phi) is 15.0. The summed E-state index contributed by atoms with van der Waals surface area (Å²) in [5.41, 5.74) is 7.53. The molecular weight excluding hydrogens is 657 g/mol. The molecule has 2 heterocycles. The van der Waals surface area contributed by atoms with Crippen molar-refractivity contribution in [3.63, 3.8) is 0 Å². The molecule has 5 N–H and O–H groups in total. The van der Waals surface area contributed by atoms with Crippen LogP contribution in [-0.2, 0) is 22.6 Å². The molecule has 0 bridgehead atoms. The predicted molar refractivity (Wildman–Crippen MR) is 184 cm³/mol. The molecule has 1 amide bonds. The molecule has 2 aromatic carbocycles. The third-order valence-corrected chi connectivity index (χ3v) is 8.59. The lowest BCUT2D eigenvalue weighted by Gasteiger charge is -2.37. The smallest absolute Gasteiger partial charge is 0.475 e. The summed E-state index contributed by atoms with van der Waals surface area (Å²) in [7, 11) is 0. The molecule has 1 aliphatic heterocycles. The number of hydrogen-bond acceptors (Lipinski definition) is 8. The van der Waals surface area contributed by atoms with Crippen molar-refractivity contribution in [1.29, 1.82) is 0 Å². The van der Waals surface area contributed by atoms with E-state index in [-0.39, 0.29) is 31.2 Å². The second-order valence-corrected chi connectivity index (χ2v) is 12.1. The normalized spacial score (nSPS) is 13.5. The first-order valence-corrected chi connectivity index (χ1v) is 16.5. The van der Waals surface area contributed by atoms with Gasteiger partial charge in [-0.3, -0.25) is 14.5 Å². The van der Waals surface area contributed by atoms with Gasteiger partial charge in [0.2, 0.25) is 0 Å². The van der Waals surface area contributed by atoms with E-state index in [1.165, 1.54) is 0 Å². The quantitative estimate of drug-likeness (QED) is 0.175. The monoisotopic (exact) mass is 704 g/mol. The zero-order valence-electron chi connectivity index (χ0n) is 28.9. The number of nitrogens with one attached hydrogen (secondary N) is 2. The summed E-state index contributed by atoms with van der Waals surface area (Å²) >= 11 is 0. The van der Waals surface area contributed by atoms with Crippen molar-refractivity contribution < 1.29 is 42.8 Å². The van der Waals surface area contributed by atoms with Crippen molar-refractivity contribution in [2.24, 2.45) is 0 Å². The number of benzene rings is 2. The minimum Gasteiger partial charge on any atom is -0.475 e. The van der Waals surface area contributed by atoms with Gasteiger partial charge in [0.15, 0.2) is 0 Å². The maximum absolute atomic E-state index is 13.7. The number of anilines is 1. The van der Waals surface area contributed by atoms with E-state index in [9.17, 15) is 33.0 Å². The van der Waals surface area contributed by atoms with Crippen molar-refractivity contribution in [2.75, 3.05) is 51.0 Å². The third-order valence-electron chi connectivity index (χ3n) is 8.59. The Balaban J connectivity index is 0.000000872. The van der Waals surface area contributed by atoms with Crippen LogP contribution in [0.15, 0.2) is 47.3 Å². The molecule has 50 heavy (non-hydrogen) atoms. The summed E-state index contributed by atoms with van der Waals surface area (Å²) in [6.45, 7) is 12.0. The van der Waals surface area contributed by atoms with Crippen LogP contribution in [0.25, 0.3) is 11.1 Å². The predicted octanol–water partition coefficient (Wildman–Crippen LogP) is 4.32. The van der Waals surface area contributed by atoms with Gasteiger partial charge in [-0.2, -0.15) is 13.2 Å². The number of alkyl halides is 3. The molecule has 0 saturated carbocycles. The zero-order valence-corrected chi connectivity index (χ0v) is 28.9. The van der Waals surface area contributed by atoms with Gasteiger partial charge in [-0.05, 0) is 86.6 Å². The summed E-state index contributed by atoms with van der Waals surface area (Å²) in [5, 5.41) is 28.9. The van der Waals surface area contributed by atoms with E-state index in [0.29, 0.717) is 36.8 Å². The van der Waals surface area contributed by atoms with Gasteiger partial charge in [0.1, 0.15) is 0 Å². The van der Waals surface area contributed by atoms with Crippen molar-refractivity contribution in [3.8, 4) is 11.1 Å². The van der Waals surface area contributed by atoms with Gasteiger partial charge in [0.05, 0.1) is 13.2 Å². The number of nitrogens with zero attached hydrogens (tertiary/aromatic N) is 2. The van der Waals surface area contributed by atoms with E-state index in [2.05, 4.69) is 52.5 Å². The summed E-state index contributed by atoms with van der Waals surface area (Å²) in [4.78, 5) is 42.5. The van der Waals surface area contributed by atoms with Gasteiger partial charge >= 0.3 is 12.1 Å². The maximum Gasteiger partial charge on any atom is 0.490 e. The Labute approximate surface area is 289 Å². The molecule has 3 aromatic rings. The number of aliphatic hydroxyl groups excluding tert-OH is 2. The topological polar surface area (TPSA) is 155 Å². The standard InChI is InChI=1S/C34H46N4O5.C2HF3O2/c1-5-38(29-10-16-43-17-11-29)32-20-28(27-8-6-26(7-9-27)22-37(12-14-39)13-15-40)19-30(25(32)4)33(41)35-21-31-23(2)18-24(3)36-34(31)42;3-2(4,5)1(6)7/h6-9,18-20,29,39-40H,5,10-17,21-22H2,1-4H3,(H,35,41)(H,36,42);(H,6,7). The number of carbonyl (C=O) groups is 2. The Hall–Kier alpha value is -4.24. The molecular formula is C36H47F3N4O7. The fourth-order valence-electron chi connectivity index (χ4n) is 6.00. The number of carbonyl (C=O) groups excluding carboxylic acids is 1. The summed E-state index contributed by atoms with van der Waals surface area (Å²) in [6.07, 6.45) is -3.22. The number of hydrogen-bond donors (Lipinski definition) is 5. The Morgan fingerprint density at radius 2 is 1.58 bits per heavy atom. The average Bonchev–Trinajstić information content (AvgIpc) is 3.06. The van der Waals surface area contributed by atoms with E-state index in [1.54, 1.807) is 0 Å². The van der Waals surface area contributed by atoms with Crippen molar-refractivity contribution in [1.82, 2.24) is 15.2 Å². The number of aromatic amines is 1. The first-order valence-electron chi connectivity index (χ1n) is 16.5. The molecule has 1 fully saturated rings. The van der Waals surface area contributed by atoms with Crippen LogP contribution >= 0.6 is 0 Å². The highest BCUT2D eigenvalue weighted by atomic mass is 19.4. The number of halogens is 3. The summed E-state index contributed by atoms with van der Waals surface area (Å²) in [6, 6.07) is 14.6. The number of aliphatic carboxylic acids is 1. The molecule has 1 aliphatic rings. The van der Waals surface area contributed by atoms with Crippen LogP contribution < -0.4 is 15.8 Å². The minimum absolute atomic E-state index is 0.0357. The molecule has 0 unspecified atom stereocenters. The molecule has 0 aliphatic carbocycles. The second kappa shape index (κ2) is 18.7. The maximum atomic E-state index is 13.7. The molecule has 11 nitrogen and oxygen atoms in total. The lowest BCUT2D eigenvalue weighted by Crippen LogP contribution is -2.40. The molecule has 1 aromatic heterocycles. The lowest BCUT2D eigenvalue weighted by molar-refractivity contribution is -0.192. The van der Waals surface area contributed by atoms with Gasteiger partial charge in [0, 0.05) is 74.5 Å². The van der Waals surface area contributed by atoms with Gasteiger partial charge < -0.3 is 35.3 Å². The van der Waals surface area contributed by atoms with Crippen molar-refractivity contribution >= 4 is 17.6 Å². The molecule has 4 rings (SSSR count). The van der Waals surface area contributed by atoms with E-state index < -0.39 is 12.1 Å². The number of H-pyrrole nitrogens is 1. The van der Waals surface area contributed by atoms with Crippen LogP contribution in [0.2, 0.25) is 0 Å². The van der Waals surface area contributed by atoms with Crippen LogP contribution in [0, 0.1) is 20.8 Å². The van der Waals surface area contributed by atoms with Crippen molar-refractivity contribution in [3.05, 3.63) is 86.3 Å². The number of aromatic nitrogens is 1. The number of ether oxygens (including phenoxy) is 1. The summed E-state index contributed by atoms with van der Waals surface area (Å²) < 4.78 is 37.4. The molecule has 1 saturated heterocycles. The molecule has 0 radical (unpaired) electrons. The largest absolute Gasteiger partial charge is 0.490 e. The molecule has 274 valence electrons. The van der Waals surface area contributed by atoms with Crippen LogP contribution in [-0.4, -0.2) is 95.4 Å². The highest BCUT2D eigenvalue weighted by Gasteiger charge is 2.38. The van der Waals surface area contributed by atoms with Crippen LogP contribution in [0.3, 0.4) is 0 Å².